The molecule has 4 rings (SSSR count). The van der Waals surface area contributed by atoms with Crippen LogP contribution in [-0.4, -0.2) is 34.6 Å². The Hall–Kier alpha value is -2.77. The lowest BCUT2D eigenvalue weighted by atomic mass is 10.0. The first-order valence-electron chi connectivity index (χ1n) is 9.81. The maximum absolute atomic E-state index is 12.9. The zero-order chi connectivity index (χ0) is 21.0. The van der Waals surface area contributed by atoms with E-state index in [-0.39, 0.29) is 6.10 Å². The average Bonchev–Trinajstić information content (AvgIpc) is 2.75. The van der Waals surface area contributed by atoms with E-state index in [1.165, 1.54) is 17.7 Å². The normalized spacial score (nSPS) is 17.8. The van der Waals surface area contributed by atoms with Crippen LogP contribution < -0.4 is 0 Å². The van der Waals surface area contributed by atoms with E-state index in [2.05, 4.69) is 14.9 Å². The third-order valence-corrected chi connectivity index (χ3v) is 5.15. The Kier molecular flexibility index (Phi) is 6.11. The zero-order valence-electron chi connectivity index (χ0n) is 16.3. The Morgan fingerprint density at radius 1 is 1.00 bits per heavy atom. The molecule has 7 heteroatoms. The Bertz CT molecular complexity index is 961. The highest BCUT2D eigenvalue weighted by Gasteiger charge is 2.30. The van der Waals surface area contributed by atoms with Crippen LogP contribution in [0, 0.1) is 0 Å². The number of hydrogen-bond donors (Lipinski definition) is 0. The molecular weight excluding hydrogens is 391 g/mol. The summed E-state index contributed by atoms with van der Waals surface area (Å²) in [6.45, 7) is 3.05. The Balaban J connectivity index is 1.39. The van der Waals surface area contributed by atoms with Gasteiger partial charge >= 0.3 is 6.18 Å². The molecule has 30 heavy (non-hydrogen) atoms. The van der Waals surface area contributed by atoms with Crippen molar-refractivity contribution in [3.8, 4) is 0 Å². The van der Waals surface area contributed by atoms with Crippen molar-refractivity contribution in [1.29, 1.82) is 0 Å². The molecule has 3 aromatic rings. The van der Waals surface area contributed by atoms with Crippen LogP contribution in [0.2, 0.25) is 0 Å². The van der Waals surface area contributed by atoms with Gasteiger partial charge in [0.15, 0.2) is 0 Å². The molecule has 1 aromatic carbocycles. The van der Waals surface area contributed by atoms with Gasteiger partial charge in [0.1, 0.15) is 6.10 Å². The summed E-state index contributed by atoms with van der Waals surface area (Å²) in [5, 5.41) is 0. The highest BCUT2D eigenvalue weighted by atomic mass is 19.4. The fourth-order valence-corrected chi connectivity index (χ4v) is 3.60. The van der Waals surface area contributed by atoms with Crippen LogP contribution in [0.4, 0.5) is 13.2 Å². The first kappa shape index (κ1) is 20.5. The van der Waals surface area contributed by atoms with Crippen molar-refractivity contribution in [2.45, 2.75) is 25.2 Å². The number of hydrogen-bond acceptors (Lipinski definition) is 4. The van der Waals surface area contributed by atoms with Gasteiger partial charge < -0.3 is 4.74 Å². The highest BCUT2D eigenvalue weighted by Crippen LogP contribution is 2.30. The zero-order valence-corrected chi connectivity index (χ0v) is 16.3. The topological polar surface area (TPSA) is 38.2 Å². The molecule has 1 saturated heterocycles. The number of ether oxygens (including phenoxy) is 1. The molecule has 1 fully saturated rings. The molecule has 0 bridgehead atoms. The minimum absolute atomic E-state index is 0.122. The SMILES string of the molecule is FC(F)(F)c1cccc(Cc2ccc([C@H]3CN(Cc4ccncc4)CCO3)nc2)c1. The summed E-state index contributed by atoms with van der Waals surface area (Å²) in [6.07, 6.45) is 1.25. The van der Waals surface area contributed by atoms with Gasteiger partial charge in [0.25, 0.3) is 0 Å². The second-order valence-electron chi connectivity index (χ2n) is 7.42. The second kappa shape index (κ2) is 8.93. The van der Waals surface area contributed by atoms with Crippen LogP contribution in [0.15, 0.2) is 67.1 Å². The maximum atomic E-state index is 12.9. The van der Waals surface area contributed by atoms with E-state index in [1.54, 1.807) is 24.7 Å². The number of aromatic nitrogens is 2. The van der Waals surface area contributed by atoms with Gasteiger partial charge in [-0.05, 0) is 47.4 Å². The summed E-state index contributed by atoms with van der Waals surface area (Å²) in [6, 6.07) is 13.2. The fraction of sp³-hybridized carbons (Fsp3) is 0.304. The monoisotopic (exact) mass is 413 g/mol. The van der Waals surface area contributed by atoms with E-state index in [0.29, 0.717) is 18.6 Å². The molecule has 1 atom stereocenters. The summed E-state index contributed by atoms with van der Waals surface area (Å²) in [7, 11) is 0. The molecule has 0 radical (unpaired) electrons. The number of nitrogens with zero attached hydrogens (tertiary/aromatic N) is 3. The van der Waals surface area contributed by atoms with E-state index < -0.39 is 11.7 Å². The lowest BCUT2D eigenvalue weighted by Gasteiger charge is -2.32. The lowest BCUT2D eigenvalue weighted by molar-refractivity contribution is -0.137. The number of pyridine rings is 2. The molecule has 0 aliphatic carbocycles. The van der Waals surface area contributed by atoms with Crippen molar-refractivity contribution in [3.63, 3.8) is 0 Å². The van der Waals surface area contributed by atoms with Crippen molar-refractivity contribution in [2.24, 2.45) is 0 Å². The van der Waals surface area contributed by atoms with Crippen LogP contribution in [-0.2, 0) is 23.9 Å². The predicted octanol–water partition coefficient (Wildman–Crippen LogP) is 4.66. The second-order valence-corrected chi connectivity index (χ2v) is 7.42. The van der Waals surface area contributed by atoms with Crippen LogP contribution in [0.3, 0.4) is 0 Å². The van der Waals surface area contributed by atoms with Crippen LogP contribution in [0.1, 0.15) is 34.1 Å². The summed E-state index contributed by atoms with van der Waals surface area (Å²) in [5.74, 6) is 0. The molecule has 0 unspecified atom stereocenters. The first-order valence-corrected chi connectivity index (χ1v) is 9.81. The van der Waals surface area contributed by atoms with Crippen molar-refractivity contribution in [2.75, 3.05) is 19.7 Å². The molecule has 4 nitrogen and oxygen atoms in total. The van der Waals surface area contributed by atoms with Crippen molar-refractivity contribution < 1.29 is 17.9 Å². The number of rotatable bonds is 5. The number of morpholine rings is 1. The van der Waals surface area contributed by atoms with Crippen molar-refractivity contribution in [1.82, 2.24) is 14.9 Å². The first-order chi connectivity index (χ1) is 14.5. The third-order valence-electron chi connectivity index (χ3n) is 5.15. The number of alkyl halides is 3. The smallest absolute Gasteiger partial charge is 0.369 e. The van der Waals surface area contributed by atoms with Gasteiger partial charge in [-0.2, -0.15) is 13.2 Å². The molecule has 0 amide bonds. The molecule has 1 aliphatic heterocycles. The minimum Gasteiger partial charge on any atom is -0.369 e. The summed E-state index contributed by atoms with van der Waals surface area (Å²) >= 11 is 0. The van der Waals surface area contributed by atoms with Crippen LogP contribution in [0.5, 0.6) is 0 Å². The quantitative estimate of drug-likeness (QED) is 0.610. The molecular formula is C23H22F3N3O. The van der Waals surface area contributed by atoms with Crippen molar-refractivity contribution >= 4 is 0 Å². The Labute approximate surface area is 173 Å². The van der Waals surface area contributed by atoms with E-state index in [1.807, 2.05) is 24.3 Å². The minimum atomic E-state index is -4.33. The van der Waals surface area contributed by atoms with Gasteiger partial charge in [-0.25, -0.2) is 0 Å². The van der Waals surface area contributed by atoms with E-state index in [4.69, 9.17) is 4.74 Å². The molecule has 1 aliphatic rings. The van der Waals surface area contributed by atoms with Crippen LogP contribution >= 0.6 is 0 Å². The summed E-state index contributed by atoms with van der Waals surface area (Å²) in [4.78, 5) is 10.9. The van der Waals surface area contributed by atoms with Gasteiger partial charge in [-0.3, -0.25) is 14.9 Å². The molecule has 0 spiro atoms. The van der Waals surface area contributed by atoms with Crippen molar-refractivity contribution in [3.05, 3.63) is 95.1 Å². The van der Waals surface area contributed by atoms with E-state index in [0.717, 1.165) is 37.0 Å². The summed E-state index contributed by atoms with van der Waals surface area (Å²) < 4.78 is 44.6. The molecule has 156 valence electrons. The predicted molar refractivity (Wildman–Crippen MR) is 107 cm³/mol. The maximum Gasteiger partial charge on any atom is 0.416 e. The fourth-order valence-electron chi connectivity index (χ4n) is 3.60. The molecule has 2 aromatic heterocycles. The van der Waals surface area contributed by atoms with Crippen LogP contribution in [0.25, 0.3) is 0 Å². The molecule has 3 heterocycles. The van der Waals surface area contributed by atoms with E-state index in [9.17, 15) is 13.2 Å². The third kappa shape index (κ3) is 5.23. The van der Waals surface area contributed by atoms with Gasteiger partial charge in [0, 0.05) is 38.2 Å². The van der Waals surface area contributed by atoms with Gasteiger partial charge in [0.05, 0.1) is 17.9 Å². The lowest BCUT2D eigenvalue weighted by Crippen LogP contribution is -2.38. The van der Waals surface area contributed by atoms with E-state index >= 15 is 0 Å². The average molecular weight is 413 g/mol. The standard InChI is InChI=1S/C23H22F3N3O/c24-23(25,26)20-3-1-2-18(13-20)12-19-4-5-21(28-14-19)22-16-29(10-11-30-22)15-17-6-8-27-9-7-17/h1-9,13-14,22H,10-12,15-16H2/t22-/m1/s1. The largest absolute Gasteiger partial charge is 0.416 e. The molecule has 0 saturated carbocycles. The molecule has 0 N–H and O–H groups in total. The number of halogens is 3. The Morgan fingerprint density at radius 3 is 2.57 bits per heavy atom. The highest BCUT2D eigenvalue weighted by molar-refractivity contribution is 5.30. The Morgan fingerprint density at radius 2 is 1.83 bits per heavy atom. The number of benzene rings is 1. The van der Waals surface area contributed by atoms with Gasteiger partial charge in [-0.1, -0.05) is 24.3 Å². The van der Waals surface area contributed by atoms with Gasteiger partial charge in [0.2, 0.25) is 0 Å². The summed E-state index contributed by atoms with van der Waals surface area (Å²) in [5.41, 5.74) is 2.88. The van der Waals surface area contributed by atoms with Gasteiger partial charge in [-0.15, -0.1) is 0 Å².